The van der Waals surface area contributed by atoms with Crippen molar-refractivity contribution in [1.82, 2.24) is 0 Å². The van der Waals surface area contributed by atoms with E-state index in [1.807, 2.05) is 0 Å². The molecule has 0 heterocycles. The molecule has 0 bridgehead atoms. The first-order valence-electron chi connectivity index (χ1n) is 15.5. The van der Waals surface area contributed by atoms with Crippen LogP contribution in [0.1, 0.15) is 52.9 Å². The molecule has 0 aromatic heterocycles. The van der Waals surface area contributed by atoms with E-state index >= 15 is 0 Å². The molecule has 0 radical (unpaired) electrons. The van der Waals surface area contributed by atoms with Crippen LogP contribution < -0.4 is 15.3 Å². The number of benzene rings is 5. The van der Waals surface area contributed by atoms with Crippen LogP contribution in [-0.4, -0.2) is 5.78 Å². The van der Waals surface area contributed by atoms with Crippen molar-refractivity contribution in [2.24, 2.45) is 5.92 Å². The lowest BCUT2D eigenvalue weighted by molar-refractivity contribution is 0.0933. The number of fused-ring (bicyclic) bond motifs is 5. The van der Waals surface area contributed by atoms with Crippen LogP contribution in [0, 0.1) is 11.7 Å². The lowest BCUT2D eigenvalue weighted by atomic mass is 9.69. The Labute approximate surface area is 258 Å². The third kappa shape index (κ3) is 5.39. The van der Waals surface area contributed by atoms with Gasteiger partial charge in [0.2, 0.25) is 0 Å². The zero-order chi connectivity index (χ0) is 30.3. The third-order valence-electron chi connectivity index (χ3n) is 9.28. The van der Waals surface area contributed by atoms with E-state index in [0.717, 1.165) is 25.9 Å². The van der Waals surface area contributed by atoms with Gasteiger partial charge in [0.05, 0.1) is 0 Å². The summed E-state index contributed by atoms with van der Waals surface area (Å²) in [7, 11) is 0. The average molecular weight is 578 g/mol. The standard InChI is InChI=1S/C41H36FNO/c1-41(2)25-32(40(44)30-13-16-33(42)17-14-30)24-38-37-19-15-31-23-34(18-20-35(31)36(37)21-22-39(38)41)43(26-28-9-5-3-6-10-28)27-29-11-7-4-8-12-29/h3-14,16-24,32H,15,25-27H2,1-2H3. The maximum Gasteiger partial charge on any atom is 0.169 e. The molecule has 0 spiro atoms. The number of rotatable bonds is 7. The maximum atomic E-state index is 13.6. The van der Waals surface area contributed by atoms with Gasteiger partial charge in [0, 0.05) is 30.3 Å². The molecule has 1 atom stereocenters. The van der Waals surface area contributed by atoms with Gasteiger partial charge in [-0.2, -0.15) is 0 Å². The minimum atomic E-state index is -0.325. The van der Waals surface area contributed by atoms with E-state index in [-0.39, 0.29) is 22.9 Å². The van der Waals surface area contributed by atoms with Crippen LogP contribution in [0.25, 0.3) is 23.3 Å². The fourth-order valence-corrected chi connectivity index (χ4v) is 7.04. The largest absolute Gasteiger partial charge is 0.363 e. The molecule has 7 rings (SSSR count). The summed E-state index contributed by atoms with van der Waals surface area (Å²) in [5.74, 6) is -0.524. The smallest absolute Gasteiger partial charge is 0.169 e. The van der Waals surface area contributed by atoms with E-state index in [1.165, 1.54) is 61.6 Å². The summed E-state index contributed by atoms with van der Waals surface area (Å²) < 4.78 is 13.6. The number of hydrogen-bond donors (Lipinski definition) is 0. The highest BCUT2D eigenvalue weighted by Gasteiger charge is 2.34. The fraction of sp³-hybridized carbons (Fsp3) is 0.195. The summed E-state index contributed by atoms with van der Waals surface area (Å²) in [5.41, 5.74) is 9.26. The van der Waals surface area contributed by atoms with Crippen LogP contribution in [0.2, 0.25) is 0 Å². The Hall–Kier alpha value is -4.76. The lowest BCUT2D eigenvalue weighted by Crippen LogP contribution is -2.43. The Morgan fingerprint density at radius 2 is 1.41 bits per heavy atom. The summed E-state index contributed by atoms with van der Waals surface area (Å²) in [6, 6.07) is 38.7. The normalized spacial score (nSPS) is 16.0. The Balaban J connectivity index is 1.26. The molecular formula is C41H36FNO. The predicted molar refractivity (Wildman–Crippen MR) is 178 cm³/mol. The number of halogens is 1. The Bertz CT molecular complexity index is 1920. The summed E-state index contributed by atoms with van der Waals surface area (Å²) >= 11 is 0. The van der Waals surface area contributed by atoms with Crippen molar-refractivity contribution in [2.45, 2.75) is 45.2 Å². The quantitative estimate of drug-likeness (QED) is 0.183. The molecule has 0 fully saturated rings. The number of nitrogens with zero attached hydrogens (tertiary/aromatic N) is 1. The number of carbonyl (C=O) groups excluding carboxylic acids is 1. The zero-order valence-corrected chi connectivity index (χ0v) is 25.3. The molecule has 218 valence electrons. The van der Waals surface area contributed by atoms with Gasteiger partial charge < -0.3 is 4.90 Å². The van der Waals surface area contributed by atoms with E-state index in [1.54, 1.807) is 12.1 Å². The number of anilines is 1. The van der Waals surface area contributed by atoms with E-state index in [2.05, 4.69) is 122 Å². The Morgan fingerprint density at radius 3 is 2.07 bits per heavy atom. The minimum Gasteiger partial charge on any atom is -0.363 e. The maximum absolute atomic E-state index is 13.6. The first kappa shape index (κ1) is 28.0. The highest BCUT2D eigenvalue weighted by Crippen LogP contribution is 2.36. The van der Waals surface area contributed by atoms with E-state index in [9.17, 15) is 9.18 Å². The summed E-state index contributed by atoms with van der Waals surface area (Å²) in [5, 5.41) is 2.39. The number of carbonyl (C=O) groups is 1. The van der Waals surface area contributed by atoms with Crippen molar-refractivity contribution in [3.63, 3.8) is 0 Å². The van der Waals surface area contributed by atoms with Crippen molar-refractivity contribution >= 4 is 23.6 Å². The molecule has 0 aliphatic heterocycles. The van der Waals surface area contributed by atoms with Crippen LogP contribution in [0.4, 0.5) is 10.1 Å². The third-order valence-corrected chi connectivity index (χ3v) is 9.28. The fourth-order valence-electron chi connectivity index (χ4n) is 7.04. The lowest BCUT2D eigenvalue weighted by Gasteiger charge is -2.34. The van der Waals surface area contributed by atoms with Crippen molar-refractivity contribution in [2.75, 3.05) is 4.90 Å². The van der Waals surface area contributed by atoms with Gasteiger partial charge in [-0.25, -0.2) is 4.39 Å². The van der Waals surface area contributed by atoms with Crippen LogP contribution in [0.3, 0.4) is 0 Å². The van der Waals surface area contributed by atoms with Crippen LogP contribution >= 0.6 is 0 Å². The number of hydrogen-bond acceptors (Lipinski definition) is 2. The SMILES string of the molecule is CC1(C)CC(C(=O)c2ccc(F)cc2)C=c2c1ccc1c2=CCc2cc(N(Cc3ccccc3)Cc3ccccc3)ccc2-1. The molecule has 5 aromatic rings. The molecule has 0 N–H and O–H groups in total. The first-order chi connectivity index (χ1) is 21.4. The van der Waals surface area contributed by atoms with Gasteiger partial charge in [0.15, 0.2) is 5.78 Å². The van der Waals surface area contributed by atoms with Gasteiger partial charge >= 0.3 is 0 Å². The van der Waals surface area contributed by atoms with E-state index < -0.39 is 0 Å². The molecular weight excluding hydrogens is 541 g/mol. The van der Waals surface area contributed by atoms with Crippen molar-refractivity contribution in [3.8, 4) is 11.1 Å². The molecule has 0 saturated heterocycles. The van der Waals surface area contributed by atoms with Crippen molar-refractivity contribution < 1.29 is 9.18 Å². The van der Waals surface area contributed by atoms with Gasteiger partial charge in [-0.3, -0.25) is 4.79 Å². The molecule has 0 amide bonds. The molecule has 2 aliphatic carbocycles. The van der Waals surface area contributed by atoms with Gasteiger partial charge in [-0.1, -0.05) is 105 Å². The van der Waals surface area contributed by atoms with Gasteiger partial charge in [-0.15, -0.1) is 0 Å². The highest BCUT2D eigenvalue weighted by molar-refractivity contribution is 6.01. The van der Waals surface area contributed by atoms with Crippen LogP contribution in [0.5, 0.6) is 0 Å². The highest BCUT2D eigenvalue weighted by atomic mass is 19.1. The van der Waals surface area contributed by atoms with Gasteiger partial charge in [0.1, 0.15) is 5.82 Å². The minimum absolute atomic E-state index is 0.0547. The topological polar surface area (TPSA) is 20.3 Å². The average Bonchev–Trinajstić information content (AvgIpc) is 3.04. The zero-order valence-electron chi connectivity index (χ0n) is 25.3. The molecule has 1 unspecified atom stereocenters. The number of ketones is 1. The second-order valence-corrected chi connectivity index (χ2v) is 12.8. The van der Waals surface area contributed by atoms with Crippen LogP contribution in [-0.2, 0) is 24.9 Å². The molecule has 5 aromatic carbocycles. The monoisotopic (exact) mass is 577 g/mol. The molecule has 2 aliphatic rings. The molecule has 3 heteroatoms. The van der Waals surface area contributed by atoms with Crippen LogP contribution in [0.15, 0.2) is 115 Å². The first-order valence-corrected chi connectivity index (χ1v) is 15.5. The Morgan fingerprint density at radius 1 is 0.773 bits per heavy atom. The predicted octanol–water partition coefficient (Wildman–Crippen LogP) is 8.00. The second kappa shape index (κ2) is 11.4. The second-order valence-electron chi connectivity index (χ2n) is 12.8. The van der Waals surface area contributed by atoms with Crippen molar-refractivity contribution in [3.05, 3.63) is 159 Å². The summed E-state index contributed by atoms with van der Waals surface area (Å²) in [4.78, 5) is 16.0. The molecule has 2 nitrogen and oxygen atoms in total. The van der Waals surface area contributed by atoms with E-state index in [0.29, 0.717) is 5.56 Å². The summed E-state index contributed by atoms with van der Waals surface area (Å²) in [6.45, 7) is 6.12. The van der Waals surface area contributed by atoms with Crippen molar-refractivity contribution in [1.29, 1.82) is 0 Å². The number of Topliss-reactive ketones (excluding diaryl/α,β-unsaturated/α-hetero) is 1. The molecule has 44 heavy (non-hydrogen) atoms. The Kier molecular flexibility index (Phi) is 7.26. The van der Waals surface area contributed by atoms with Gasteiger partial charge in [0.25, 0.3) is 0 Å². The molecule has 0 saturated carbocycles. The van der Waals surface area contributed by atoms with E-state index in [4.69, 9.17) is 0 Å². The van der Waals surface area contributed by atoms with Gasteiger partial charge in [-0.05, 0) is 98.5 Å². The summed E-state index contributed by atoms with van der Waals surface area (Å²) in [6.07, 6.45) is 6.08.